The van der Waals surface area contributed by atoms with E-state index in [9.17, 15) is 22.8 Å². The largest absolute Gasteiger partial charge is 0.451 e. The van der Waals surface area contributed by atoms with Crippen LogP contribution in [0.2, 0.25) is 0 Å². The Kier molecular flexibility index (Phi) is 5.01. The van der Waals surface area contributed by atoms with Gasteiger partial charge in [-0.3, -0.25) is 19.8 Å². The van der Waals surface area contributed by atoms with Gasteiger partial charge in [0.25, 0.3) is 0 Å². The van der Waals surface area contributed by atoms with Gasteiger partial charge < -0.3 is 9.47 Å². The average molecular weight is 464 g/mol. The number of hydrogen-bond donors (Lipinski definition) is 1. The Morgan fingerprint density at radius 2 is 1.97 bits per heavy atom. The molecule has 1 aromatic carbocycles. The van der Waals surface area contributed by atoms with Crippen LogP contribution in [0.4, 0.5) is 13.2 Å². The summed E-state index contributed by atoms with van der Waals surface area (Å²) in [5.74, 6) is -1.29. The molecule has 5 rings (SSSR count). The fraction of sp³-hybridized carbons (Fsp3) is 0.450. The highest BCUT2D eigenvalue weighted by Crippen LogP contribution is 2.33. The SMILES string of the molecule is O=C1CCC(N2Cc3c(CN4CCn5c(nnc5C(F)(F)F)C4)cccc3C2=S)C(=O)N1. The van der Waals surface area contributed by atoms with E-state index >= 15 is 0 Å². The number of hydrogen-bond acceptors (Lipinski definition) is 6. The molecular formula is C20H19F3N6O2S. The van der Waals surface area contributed by atoms with Gasteiger partial charge >= 0.3 is 6.18 Å². The second-order valence-electron chi connectivity index (χ2n) is 8.14. The molecule has 1 saturated heterocycles. The van der Waals surface area contributed by atoms with Crippen LogP contribution in [-0.4, -0.2) is 54.0 Å². The molecule has 8 nitrogen and oxygen atoms in total. The number of aromatic nitrogens is 3. The van der Waals surface area contributed by atoms with Crippen molar-refractivity contribution < 1.29 is 22.8 Å². The van der Waals surface area contributed by atoms with Gasteiger partial charge in [-0.15, -0.1) is 10.2 Å². The number of piperidine rings is 1. The fourth-order valence-electron chi connectivity index (χ4n) is 4.59. The van der Waals surface area contributed by atoms with Crippen molar-refractivity contribution in [2.75, 3.05) is 6.54 Å². The third kappa shape index (κ3) is 3.56. The Hall–Kier alpha value is -2.86. The Labute approximate surface area is 186 Å². The summed E-state index contributed by atoms with van der Waals surface area (Å²) in [5, 5.41) is 9.44. The summed E-state index contributed by atoms with van der Waals surface area (Å²) in [4.78, 5) is 28.3. The van der Waals surface area contributed by atoms with Gasteiger partial charge in [-0.25, -0.2) is 0 Å². The number of fused-ring (bicyclic) bond motifs is 2. The first-order valence-corrected chi connectivity index (χ1v) is 10.6. The molecule has 1 aromatic heterocycles. The van der Waals surface area contributed by atoms with Crippen LogP contribution in [0.25, 0.3) is 0 Å². The molecule has 2 amide bonds. The van der Waals surface area contributed by atoms with Gasteiger partial charge in [0.1, 0.15) is 16.9 Å². The van der Waals surface area contributed by atoms with Crippen LogP contribution in [-0.2, 0) is 41.9 Å². The second-order valence-corrected chi connectivity index (χ2v) is 8.53. The summed E-state index contributed by atoms with van der Waals surface area (Å²) in [5.41, 5.74) is 2.88. The summed E-state index contributed by atoms with van der Waals surface area (Å²) >= 11 is 5.63. The van der Waals surface area contributed by atoms with E-state index < -0.39 is 18.0 Å². The lowest BCUT2D eigenvalue weighted by Gasteiger charge is -2.31. The maximum absolute atomic E-state index is 13.1. The maximum Gasteiger partial charge on any atom is 0.451 e. The number of carbonyl (C=O) groups is 2. The highest BCUT2D eigenvalue weighted by molar-refractivity contribution is 7.80. The monoisotopic (exact) mass is 464 g/mol. The van der Waals surface area contributed by atoms with Gasteiger partial charge in [-0.05, 0) is 17.5 Å². The average Bonchev–Trinajstić information content (AvgIpc) is 3.30. The van der Waals surface area contributed by atoms with Gasteiger partial charge in [-0.1, -0.05) is 30.4 Å². The zero-order valence-electron chi connectivity index (χ0n) is 16.9. The number of halogens is 3. The van der Waals surface area contributed by atoms with E-state index in [1.807, 2.05) is 28.0 Å². The number of imide groups is 1. The van der Waals surface area contributed by atoms with Crippen LogP contribution in [0.3, 0.4) is 0 Å². The minimum atomic E-state index is -4.52. The highest BCUT2D eigenvalue weighted by Gasteiger charge is 2.40. The first-order valence-electron chi connectivity index (χ1n) is 10.2. The van der Waals surface area contributed by atoms with Gasteiger partial charge in [0, 0.05) is 38.2 Å². The van der Waals surface area contributed by atoms with Crippen molar-refractivity contribution in [3.63, 3.8) is 0 Å². The maximum atomic E-state index is 13.1. The van der Waals surface area contributed by atoms with Crippen molar-refractivity contribution in [1.82, 2.24) is 29.9 Å². The number of amides is 2. The second kappa shape index (κ2) is 7.62. The van der Waals surface area contributed by atoms with Crippen molar-refractivity contribution in [3.8, 4) is 0 Å². The number of carbonyl (C=O) groups excluding carboxylic acids is 2. The Morgan fingerprint density at radius 3 is 2.72 bits per heavy atom. The number of rotatable bonds is 3. The van der Waals surface area contributed by atoms with E-state index in [1.54, 1.807) is 0 Å². The minimum absolute atomic E-state index is 0.160. The predicted octanol–water partition coefficient (Wildman–Crippen LogP) is 1.61. The lowest BCUT2D eigenvalue weighted by molar-refractivity contribution is -0.148. The first-order chi connectivity index (χ1) is 15.2. The van der Waals surface area contributed by atoms with Crippen LogP contribution < -0.4 is 5.32 Å². The molecule has 2 aromatic rings. The summed E-state index contributed by atoms with van der Waals surface area (Å²) in [7, 11) is 0. The minimum Gasteiger partial charge on any atom is -0.346 e. The molecule has 1 N–H and O–H groups in total. The molecule has 0 bridgehead atoms. The molecule has 168 valence electrons. The molecule has 3 aliphatic heterocycles. The lowest BCUT2D eigenvalue weighted by Crippen LogP contribution is -2.52. The van der Waals surface area contributed by atoms with E-state index in [2.05, 4.69) is 15.5 Å². The Morgan fingerprint density at radius 1 is 1.16 bits per heavy atom. The molecule has 1 unspecified atom stereocenters. The molecular weight excluding hydrogens is 445 g/mol. The summed E-state index contributed by atoms with van der Waals surface area (Å²) in [6.45, 7) is 1.82. The number of benzene rings is 1. The number of thiocarbonyl (C=S) groups is 1. The fourth-order valence-corrected chi connectivity index (χ4v) is 4.97. The van der Waals surface area contributed by atoms with Crippen molar-refractivity contribution in [1.29, 1.82) is 0 Å². The first kappa shape index (κ1) is 21.0. The quantitative estimate of drug-likeness (QED) is 0.546. The molecule has 3 aliphatic rings. The Bertz CT molecular complexity index is 1130. The number of alkyl halides is 3. The van der Waals surface area contributed by atoms with E-state index in [-0.39, 0.29) is 37.1 Å². The zero-order valence-corrected chi connectivity index (χ0v) is 17.7. The van der Waals surface area contributed by atoms with Crippen LogP contribution in [0.5, 0.6) is 0 Å². The van der Waals surface area contributed by atoms with E-state index in [0.717, 1.165) is 21.3 Å². The van der Waals surface area contributed by atoms with E-state index in [0.29, 0.717) is 31.0 Å². The number of nitrogens with one attached hydrogen (secondary N) is 1. The third-order valence-corrected chi connectivity index (χ3v) is 6.61. The zero-order chi connectivity index (χ0) is 22.6. The van der Waals surface area contributed by atoms with Crippen molar-refractivity contribution in [3.05, 3.63) is 46.5 Å². The summed E-state index contributed by atoms with van der Waals surface area (Å²) in [6.07, 6.45) is -3.84. The standard InChI is InChI=1S/C20H19F3N6O2S/c21-20(22,23)19-26-25-15-10-27(6-7-28(15)19)8-11-2-1-3-12-13(11)9-29(18(12)32)14-4-5-16(30)24-17(14)31/h1-3,14H,4-10H2,(H,24,30,31). The molecule has 32 heavy (non-hydrogen) atoms. The van der Waals surface area contributed by atoms with Crippen molar-refractivity contribution in [2.24, 2.45) is 0 Å². The van der Waals surface area contributed by atoms with Gasteiger partial charge in [-0.2, -0.15) is 13.2 Å². The molecule has 0 radical (unpaired) electrons. The van der Waals surface area contributed by atoms with Crippen LogP contribution in [0, 0.1) is 0 Å². The lowest BCUT2D eigenvalue weighted by atomic mass is 10.0. The van der Waals surface area contributed by atoms with Crippen LogP contribution >= 0.6 is 12.2 Å². The van der Waals surface area contributed by atoms with Crippen molar-refractivity contribution >= 4 is 29.0 Å². The summed E-state index contributed by atoms with van der Waals surface area (Å²) < 4.78 is 40.4. The molecule has 0 saturated carbocycles. The van der Waals surface area contributed by atoms with Gasteiger partial charge in [0.05, 0.1) is 6.54 Å². The normalized spacial score (nSPS) is 21.5. The van der Waals surface area contributed by atoms with Crippen LogP contribution in [0.15, 0.2) is 18.2 Å². The van der Waals surface area contributed by atoms with E-state index in [4.69, 9.17) is 12.2 Å². The molecule has 1 fully saturated rings. The Balaban J connectivity index is 1.34. The highest BCUT2D eigenvalue weighted by atomic mass is 32.1. The van der Waals surface area contributed by atoms with Crippen molar-refractivity contribution in [2.45, 2.75) is 51.2 Å². The van der Waals surface area contributed by atoms with Gasteiger partial charge in [0.2, 0.25) is 17.6 Å². The number of nitrogens with zero attached hydrogens (tertiary/aromatic N) is 5. The van der Waals surface area contributed by atoms with Crippen LogP contribution in [0.1, 0.15) is 41.2 Å². The third-order valence-electron chi connectivity index (χ3n) is 6.16. The smallest absolute Gasteiger partial charge is 0.346 e. The predicted molar refractivity (Wildman–Crippen MR) is 109 cm³/mol. The molecule has 0 aliphatic carbocycles. The molecule has 0 spiro atoms. The molecule has 1 atom stereocenters. The molecule has 12 heteroatoms. The molecule has 4 heterocycles. The summed E-state index contributed by atoms with van der Waals surface area (Å²) in [6, 6.07) is 5.28. The topological polar surface area (TPSA) is 83.4 Å². The van der Waals surface area contributed by atoms with Gasteiger partial charge in [0.15, 0.2) is 0 Å². The van der Waals surface area contributed by atoms with E-state index in [1.165, 1.54) is 0 Å².